The third-order valence-electron chi connectivity index (χ3n) is 3.65. The fraction of sp³-hybridized carbons (Fsp3) is 0.400. The predicted octanol–water partition coefficient (Wildman–Crippen LogP) is 1.09. The van der Waals surface area contributed by atoms with Gasteiger partial charge in [0.25, 0.3) is 0 Å². The summed E-state index contributed by atoms with van der Waals surface area (Å²) in [5.41, 5.74) is 1.57. The van der Waals surface area contributed by atoms with Crippen LogP contribution in [0.25, 0.3) is 0 Å². The number of aliphatic hydroxyl groups is 1. The van der Waals surface area contributed by atoms with Crippen LogP contribution in [-0.4, -0.2) is 32.6 Å². The van der Waals surface area contributed by atoms with Crippen LogP contribution in [0.3, 0.4) is 0 Å². The van der Waals surface area contributed by atoms with Crippen molar-refractivity contribution in [1.29, 1.82) is 0 Å². The number of benzene rings is 1. The fourth-order valence-electron chi connectivity index (χ4n) is 2.48. The maximum atomic E-state index is 12.4. The second-order valence-corrected chi connectivity index (χ2v) is 5.78. The van der Waals surface area contributed by atoms with Gasteiger partial charge in [0.1, 0.15) is 17.8 Å². The molecule has 1 aromatic heterocycles. The average Bonchev–Trinajstić information content (AvgIpc) is 3.03. The zero-order chi connectivity index (χ0) is 15.0. The van der Waals surface area contributed by atoms with Crippen molar-refractivity contribution in [3.8, 4) is 0 Å². The summed E-state index contributed by atoms with van der Waals surface area (Å²) in [6.07, 6.45) is 2.49. The first-order valence-corrected chi connectivity index (χ1v) is 6.96. The quantitative estimate of drug-likeness (QED) is 0.917. The number of anilines is 1. The van der Waals surface area contributed by atoms with E-state index in [-0.39, 0.29) is 12.5 Å². The van der Waals surface area contributed by atoms with Crippen molar-refractivity contribution in [3.05, 3.63) is 41.7 Å². The van der Waals surface area contributed by atoms with Crippen LogP contribution >= 0.6 is 0 Å². The molecule has 0 spiro atoms. The zero-order valence-corrected chi connectivity index (χ0v) is 12.2. The molecule has 110 valence electrons. The van der Waals surface area contributed by atoms with E-state index in [2.05, 4.69) is 10.3 Å². The highest BCUT2D eigenvalue weighted by Crippen LogP contribution is 2.27. The van der Waals surface area contributed by atoms with E-state index in [1.165, 1.54) is 10.2 Å². The van der Waals surface area contributed by atoms with Gasteiger partial charge in [0.15, 0.2) is 0 Å². The monoisotopic (exact) mass is 286 g/mol. The maximum Gasteiger partial charge on any atom is 0.248 e. The summed E-state index contributed by atoms with van der Waals surface area (Å²) in [4.78, 5) is 14.2. The Morgan fingerprint density at radius 2 is 2.14 bits per heavy atom. The predicted molar refractivity (Wildman–Crippen MR) is 77.8 cm³/mol. The lowest BCUT2D eigenvalue weighted by Crippen LogP contribution is -2.32. The van der Waals surface area contributed by atoms with Gasteiger partial charge in [0, 0.05) is 12.2 Å². The molecular formula is C15H18N4O2. The Kier molecular flexibility index (Phi) is 3.25. The molecule has 0 fully saturated rings. The van der Waals surface area contributed by atoms with Gasteiger partial charge in [-0.1, -0.05) is 23.4 Å². The Morgan fingerprint density at radius 1 is 1.38 bits per heavy atom. The van der Waals surface area contributed by atoms with Crippen molar-refractivity contribution in [2.45, 2.75) is 32.4 Å². The number of fused-ring (bicyclic) bond motifs is 1. The van der Waals surface area contributed by atoms with E-state index >= 15 is 0 Å². The molecule has 0 saturated heterocycles. The van der Waals surface area contributed by atoms with Gasteiger partial charge in [0.05, 0.1) is 6.20 Å². The Morgan fingerprint density at radius 3 is 2.86 bits per heavy atom. The van der Waals surface area contributed by atoms with Crippen LogP contribution in [-0.2, 0) is 23.4 Å². The molecule has 21 heavy (non-hydrogen) atoms. The molecule has 1 aromatic carbocycles. The Labute approximate surface area is 123 Å². The minimum Gasteiger partial charge on any atom is -0.384 e. The number of nitrogens with zero attached hydrogens (tertiary/aromatic N) is 4. The number of para-hydroxylation sites is 1. The molecule has 0 atom stereocenters. The van der Waals surface area contributed by atoms with Gasteiger partial charge < -0.3 is 10.0 Å². The minimum absolute atomic E-state index is 0.0212. The lowest BCUT2D eigenvalue weighted by molar-refractivity contribution is -0.119. The van der Waals surface area contributed by atoms with Gasteiger partial charge >= 0.3 is 0 Å². The Bertz CT molecular complexity index is 672. The summed E-state index contributed by atoms with van der Waals surface area (Å²) in [5.74, 6) is -0.0212. The van der Waals surface area contributed by atoms with Crippen LogP contribution in [0, 0.1) is 0 Å². The summed E-state index contributed by atoms with van der Waals surface area (Å²) < 4.78 is 1.47. The molecule has 1 aliphatic rings. The normalized spacial score (nSPS) is 14.3. The molecular weight excluding hydrogens is 268 g/mol. The molecule has 0 unspecified atom stereocenters. The third-order valence-corrected chi connectivity index (χ3v) is 3.65. The number of carbonyl (C=O) groups excluding carboxylic acids is 1. The van der Waals surface area contributed by atoms with Crippen molar-refractivity contribution in [3.63, 3.8) is 0 Å². The van der Waals surface area contributed by atoms with Crippen molar-refractivity contribution in [2.24, 2.45) is 0 Å². The van der Waals surface area contributed by atoms with E-state index in [0.717, 1.165) is 12.1 Å². The molecule has 6 heteroatoms. The topological polar surface area (TPSA) is 71.2 Å². The molecule has 1 N–H and O–H groups in total. The minimum atomic E-state index is -1.05. The Hall–Kier alpha value is -2.21. The number of aromatic nitrogens is 3. The van der Waals surface area contributed by atoms with Crippen LogP contribution < -0.4 is 4.90 Å². The first-order chi connectivity index (χ1) is 9.95. The van der Waals surface area contributed by atoms with Crippen LogP contribution in [0.4, 0.5) is 5.69 Å². The third kappa shape index (κ3) is 2.67. The summed E-state index contributed by atoms with van der Waals surface area (Å²) in [6.45, 7) is 4.10. The van der Waals surface area contributed by atoms with E-state index in [0.29, 0.717) is 12.2 Å². The molecule has 0 aliphatic carbocycles. The van der Waals surface area contributed by atoms with Gasteiger partial charge in [-0.2, -0.15) is 0 Å². The van der Waals surface area contributed by atoms with Crippen molar-refractivity contribution < 1.29 is 9.90 Å². The number of hydrogen-bond acceptors (Lipinski definition) is 4. The first kappa shape index (κ1) is 13.8. The largest absolute Gasteiger partial charge is 0.384 e. The van der Waals surface area contributed by atoms with E-state index < -0.39 is 5.60 Å². The highest BCUT2D eigenvalue weighted by Gasteiger charge is 2.25. The molecule has 0 saturated carbocycles. The van der Waals surface area contributed by atoms with Gasteiger partial charge in [-0.15, -0.1) is 5.10 Å². The summed E-state index contributed by atoms with van der Waals surface area (Å²) in [7, 11) is 0. The van der Waals surface area contributed by atoms with Crippen molar-refractivity contribution >= 4 is 11.6 Å². The van der Waals surface area contributed by atoms with Crippen LogP contribution in [0.15, 0.2) is 30.5 Å². The number of carbonyl (C=O) groups is 1. The van der Waals surface area contributed by atoms with Crippen molar-refractivity contribution in [2.75, 3.05) is 11.4 Å². The molecule has 2 heterocycles. The number of hydrogen-bond donors (Lipinski definition) is 1. The molecule has 2 aromatic rings. The van der Waals surface area contributed by atoms with Gasteiger partial charge in [0.2, 0.25) is 5.91 Å². The highest BCUT2D eigenvalue weighted by atomic mass is 16.3. The fourth-order valence-corrected chi connectivity index (χ4v) is 2.48. The van der Waals surface area contributed by atoms with Crippen LogP contribution in [0.5, 0.6) is 0 Å². The summed E-state index contributed by atoms with van der Waals surface area (Å²) in [5, 5.41) is 17.7. The van der Waals surface area contributed by atoms with E-state index in [9.17, 15) is 9.90 Å². The van der Waals surface area contributed by atoms with Crippen LogP contribution in [0.2, 0.25) is 0 Å². The van der Waals surface area contributed by atoms with Gasteiger partial charge in [-0.3, -0.25) is 4.79 Å². The van der Waals surface area contributed by atoms with Crippen LogP contribution in [0.1, 0.15) is 25.1 Å². The Balaban J connectivity index is 1.75. The molecule has 0 bridgehead atoms. The zero-order valence-electron chi connectivity index (χ0n) is 12.2. The first-order valence-electron chi connectivity index (χ1n) is 6.96. The average molecular weight is 286 g/mol. The molecule has 3 rings (SSSR count). The lowest BCUT2D eigenvalue weighted by Gasteiger charge is -2.17. The lowest BCUT2D eigenvalue weighted by atomic mass is 10.1. The molecule has 1 aliphatic heterocycles. The molecule has 0 radical (unpaired) electrons. The van der Waals surface area contributed by atoms with Gasteiger partial charge in [-0.05, 0) is 31.9 Å². The molecule has 1 amide bonds. The standard InChI is InChI=1S/C15H18N4O2/c1-15(2,21)13-9-18(17-16-13)10-14(20)19-8-7-11-5-3-4-6-12(11)19/h3-6,9,21H,7-8,10H2,1-2H3. The second kappa shape index (κ2) is 4.96. The van der Waals surface area contributed by atoms with E-state index in [4.69, 9.17) is 0 Å². The molecule has 6 nitrogen and oxygen atoms in total. The second-order valence-electron chi connectivity index (χ2n) is 5.78. The van der Waals surface area contributed by atoms with Crippen molar-refractivity contribution in [1.82, 2.24) is 15.0 Å². The summed E-state index contributed by atoms with van der Waals surface area (Å²) in [6, 6.07) is 7.93. The summed E-state index contributed by atoms with van der Waals surface area (Å²) >= 11 is 0. The van der Waals surface area contributed by atoms with E-state index in [1.54, 1.807) is 24.9 Å². The van der Waals surface area contributed by atoms with Gasteiger partial charge in [-0.25, -0.2) is 4.68 Å². The maximum absolute atomic E-state index is 12.4. The smallest absolute Gasteiger partial charge is 0.248 e. The SMILES string of the molecule is CC(C)(O)c1cn(CC(=O)N2CCc3ccccc32)nn1. The van der Waals surface area contributed by atoms with E-state index in [1.807, 2.05) is 24.3 Å². The number of amides is 1. The number of rotatable bonds is 3. The highest BCUT2D eigenvalue weighted by molar-refractivity contribution is 5.95.